The molecule has 0 unspecified atom stereocenters. The number of hydrogen-bond donors (Lipinski definition) is 2. The number of aromatic nitrogens is 3. The summed E-state index contributed by atoms with van der Waals surface area (Å²) in [6.07, 6.45) is 0.685. The lowest BCUT2D eigenvalue weighted by atomic mass is 10.3. The van der Waals surface area contributed by atoms with Crippen LogP contribution in [0.4, 0.5) is 5.69 Å². The highest BCUT2D eigenvalue weighted by Crippen LogP contribution is 2.24. The first-order chi connectivity index (χ1) is 10.0. The van der Waals surface area contributed by atoms with Crippen LogP contribution in [-0.2, 0) is 11.2 Å². The minimum Gasteiger partial charge on any atom is -0.336 e. The average molecular weight is 326 g/mol. The van der Waals surface area contributed by atoms with Crippen molar-refractivity contribution >= 4 is 35.0 Å². The standard InChI is InChI=1S/C13H16ClN5OS/c1-3-11-17-18-13(19(11)15)21-8(2)12(20)16-10-7-5-4-6-9(10)14/h4-8H,3,15H2,1-2H3,(H,16,20)/t8-/m1/s1. The molecule has 0 aliphatic rings. The molecular weight excluding hydrogens is 310 g/mol. The Kier molecular flexibility index (Phi) is 5.08. The summed E-state index contributed by atoms with van der Waals surface area (Å²) >= 11 is 7.26. The monoisotopic (exact) mass is 325 g/mol. The smallest absolute Gasteiger partial charge is 0.237 e. The number of amides is 1. The van der Waals surface area contributed by atoms with Gasteiger partial charge in [-0.3, -0.25) is 4.79 Å². The zero-order chi connectivity index (χ0) is 15.4. The van der Waals surface area contributed by atoms with E-state index in [4.69, 9.17) is 17.4 Å². The van der Waals surface area contributed by atoms with Crippen molar-refractivity contribution < 1.29 is 4.79 Å². The van der Waals surface area contributed by atoms with Crippen LogP contribution in [0, 0.1) is 0 Å². The van der Waals surface area contributed by atoms with Gasteiger partial charge in [-0.1, -0.05) is 42.4 Å². The fraction of sp³-hybridized carbons (Fsp3) is 0.308. The molecule has 112 valence electrons. The summed E-state index contributed by atoms with van der Waals surface area (Å²) in [4.78, 5) is 12.2. The summed E-state index contributed by atoms with van der Waals surface area (Å²) < 4.78 is 1.41. The van der Waals surface area contributed by atoms with E-state index in [1.54, 1.807) is 25.1 Å². The van der Waals surface area contributed by atoms with Crippen LogP contribution >= 0.6 is 23.4 Å². The molecule has 1 atom stereocenters. The highest BCUT2D eigenvalue weighted by atomic mass is 35.5. The van der Waals surface area contributed by atoms with Crippen molar-refractivity contribution in [3.63, 3.8) is 0 Å². The number of carbonyl (C=O) groups is 1. The Morgan fingerprint density at radius 2 is 2.19 bits per heavy atom. The number of anilines is 1. The summed E-state index contributed by atoms with van der Waals surface area (Å²) in [5.74, 6) is 6.36. The molecule has 1 heterocycles. The van der Waals surface area contributed by atoms with Crippen molar-refractivity contribution in [3.8, 4) is 0 Å². The first-order valence-corrected chi connectivity index (χ1v) is 7.70. The molecule has 6 nitrogen and oxygen atoms in total. The summed E-state index contributed by atoms with van der Waals surface area (Å²) in [7, 11) is 0. The molecule has 0 bridgehead atoms. The van der Waals surface area contributed by atoms with Crippen molar-refractivity contribution in [2.75, 3.05) is 11.2 Å². The zero-order valence-corrected chi connectivity index (χ0v) is 13.3. The van der Waals surface area contributed by atoms with E-state index in [1.165, 1.54) is 16.4 Å². The number of nitrogen functional groups attached to an aromatic ring is 1. The van der Waals surface area contributed by atoms with Gasteiger partial charge in [-0.2, -0.15) is 0 Å². The number of thioether (sulfide) groups is 1. The number of rotatable bonds is 5. The van der Waals surface area contributed by atoms with E-state index in [1.807, 2.05) is 13.0 Å². The zero-order valence-electron chi connectivity index (χ0n) is 11.7. The number of halogens is 1. The largest absolute Gasteiger partial charge is 0.336 e. The van der Waals surface area contributed by atoms with E-state index >= 15 is 0 Å². The summed E-state index contributed by atoms with van der Waals surface area (Å²) in [6, 6.07) is 7.08. The molecule has 2 rings (SSSR count). The minimum absolute atomic E-state index is 0.172. The fourth-order valence-corrected chi connectivity index (χ4v) is 2.61. The van der Waals surface area contributed by atoms with Gasteiger partial charge < -0.3 is 11.2 Å². The van der Waals surface area contributed by atoms with Crippen molar-refractivity contribution in [3.05, 3.63) is 35.1 Å². The lowest BCUT2D eigenvalue weighted by Gasteiger charge is -2.12. The quantitative estimate of drug-likeness (QED) is 0.651. The highest BCUT2D eigenvalue weighted by Gasteiger charge is 2.19. The maximum Gasteiger partial charge on any atom is 0.237 e. The van der Waals surface area contributed by atoms with Crippen molar-refractivity contribution in [1.29, 1.82) is 0 Å². The highest BCUT2D eigenvalue weighted by molar-refractivity contribution is 8.00. The van der Waals surface area contributed by atoms with Crippen LogP contribution in [0.5, 0.6) is 0 Å². The Hall–Kier alpha value is -1.73. The van der Waals surface area contributed by atoms with E-state index in [0.29, 0.717) is 28.1 Å². The number of nitrogens with one attached hydrogen (secondary N) is 1. The van der Waals surface area contributed by atoms with Gasteiger partial charge in [0.1, 0.15) is 0 Å². The van der Waals surface area contributed by atoms with E-state index in [9.17, 15) is 4.79 Å². The van der Waals surface area contributed by atoms with Crippen LogP contribution in [-0.4, -0.2) is 26.0 Å². The predicted molar refractivity (Wildman–Crippen MR) is 85.0 cm³/mol. The lowest BCUT2D eigenvalue weighted by Crippen LogP contribution is -2.24. The van der Waals surface area contributed by atoms with E-state index in [0.717, 1.165) is 0 Å². The minimum atomic E-state index is -0.377. The molecule has 1 amide bonds. The first kappa shape index (κ1) is 15.7. The van der Waals surface area contributed by atoms with Crippen LogP contribution < -0.4 is 11.2 Å². The second-order valence-electron chi connectivity index (χ2n) is 4.35. The SMILES string of the molecule is CCc1nnc(S[C@H](C)C(=O)Nc2ccccc2Cl)n1N. The van der Waals surface area contributed by atoms with Gasteiger partial charge in [-0.05, 0) is 19.1 Å². The van der Waals surface area contributed by atoms with Crippen LogP contribution in [0.1, 0.15) is 19.7 Å². The number of benzene rings is 1. The molecule has 0 aliphatic carbocycles. The number of aryl methyl sites for hydroxylation is 1. The van der Waals surface area contributed by atoms with Crippen molar-refractivity contribution in [1.82, 2.24) is 14.9 Å². The molecule has 1 aromatic carbocycles. The molecule has 0 saturated carbocycles. The molecule has 3 N–H and O–H groups in total. The molecule has 21 heavy (non-hydrogen) atoms. The summed E-state index contributed by atoms with van der Waals surface area (Å²) in [6.45, 7) is 3.71. The molecule has 8 heteroatoms. The first-order valence-electron chi connectivity index (χ1n) is 6.44. The normalized spacial score (nSPS) is 12.1. The predicted octanol–water partition coefficient (Wildman–Crippen LogP) is 2.33. The number of carbonyl (C=O) groups excluding carboxylic acids is 1. The van der Waals surface area contributed by atoms with Gasteiger partial charge in [-0.15, -0.1) is 10.2 Å². The Morgan fingerprint density at radius 1 is 1.48 bits per heavy atom. The Balaban J connectivity index is 2.03. The Bertz CT molecular complexity index is 645. The number of nitrogens with two attached hydrogens (primary N) is 1. The fourth-order valence-electron chi connectivity index (χ4n) is 1.64. The maximum absolute atomic E-state index is 12.2. The average Bonchev–Trinajstić information content (AvgIpc) is 2.82. The van der Waals surface area contributed by atoms with E-state index in [2.05, 4.69) is 15.5 Å². The topological polar surface area (TPSA) is 85.8 Å². The molecule has 2 aromatic rings. The van der Waals surface area contributed by atoms with Crippen LogP contribution in [0.2, 0.25) is 5.02 Å². The Morgan fingerprint density at radius 3 is 2.81 bits per heavy atom. The van der Waals surface area contributed by atoms with Gasteiger partial charge in [0.2, 0.25) is 11.1 Å². The number of para-hydroxylation sites is 1. The van der Waals surface area contributed by atoms with E-state index < -0.39 is 0 Å². The van der Waals surface area contributed by atoms with Gasteiger partial charge in [0.15, 0.2) is 5.82 Å². The molecule has 0 radical (unpaired) electrons. The van der Waals surface area contributed by atoms with Gasteiger partial charge in [-0.25, -0.2) is 4.68 Å². The third kappa shape index (κ3) is 3.68. The van der Waals surface area contributed by atoms with Gasteiger partial charge in [0.25, 0.3) is 0 Å². The second kappa shape index (κ2) is 6.82. The van der Waals surface area contributed by atoms with Crippen LogP contribution in [0.3, 0.4) is 0 Å². The van der Waals surface area contributed by atoms with Gasteiger partial charge in [0.05, 0.1) is 16.0 Å². The Labute approximate surface area is 132 Å². The third-order valence-corrected chi connectivity index (χ3v) is 4.22. The molecule has 0 spiro atoms. The van der Waals surface area contributed by atoms with E-state index in [-0.39, 0.29) is 11.2 Å². The number of hydrogen-bond acceptors (Lipinski definition) is 5. The number of nitrogens with zero attached hydrogens (tertiary/aromatic N) is 3. The van der Waals surface area contributed by atoms with Crippen LogP contribution in [0.25, 0.3) is 0 Å². The molecule has 0 fully saturated rings. The molecule has 0 aliphatic heterocycles. The van der Waals surface area contributed by atoms with Crippen LogP contribution in [0.15, 0.2) is 29.4 Å². The van der Waals surface area contributed by atoms with Crippen molar-refractivity contribution in [2.24, 2.45) is 0 Å². The molecular formula is C13H16ClN5OS. The summed E-state index contributed by atoms with van der Waals surface area (Å²) in [5.41, 5.74) is 0.583. The molecule has 1 aromatic heterocycles. The van der Waals surface area contributed by atoms with Gasteiger partial charge >= 0.3 is 0 Å². The van der Waals surface area contributed by atoms with Gasteiger partial charge in [0, 0.05) is 6.42 Å². The maximum atomic E-state index is 12.2. The second-order valence-corrected chi connectivity index (χ2v) is 6.07. The summed E-state index contributed by atoms with van der Waals surface area (Å²) in [5, 5.41) is 11.3. The third-order valence-electron chi connectivity index (χ3n) is 2.83. The lowest BCUT2D eigenvalue weighted by molar-refractivity contribution is -0.115. The molecule has 0 saturated heterocycles. The van der Waals surface area contributed by atoms with Crippen molar-refractivity contribution in [2.45, 2.75) is 30.7 Å².